The molecule has 0 fully saturated rings. The van der Waals surface area contributed by atoms with Gasteiger partial charge in [0.1, 0.15) is 0 Å². The van der Waals surface area contributed by atoms with Gasteiger partial charge in [-0.05, 0) is 68.4 Å². The van der Waals surface area contributed by atoms with E-state index >= 15 is 0 Å². The molecule has 0 radical (unpaired) electrons. The van der Waals surface area contributed by atoms with Gasteiger partial charge < -0.3 is 0 Å². The van der Waals surface area contributed by atoms with Crippen LogP contribution >= 0.6 is 11.3 Å². The highest BCUT2D eigenvalue weighted by molar-refractivity contribution is 7.25. The standard InChI is InChI=1S/C49H31N3S/c1-4-14-32(15-5-1)37-21-12-23-39-38(37)22-13-24-42(39)48-50-47(34-18-8-3-9-19-34)51-49(52-48)43-29-27-35(30-44(43)33-16-6-2-7-17-33)36-26-28-41-40-20-10-11-25-45(40)53-46(41)31-36/h1-31H. The molecular formula is C49H31N3S. The SMILES string of the molecule is c1ccc(-c2nc(-c3ccc(-c4ccc5c(c4)sc4ccccc45)cc3-c3ccccc3)nc(-c3cccc4c(-c5ccccc5)cccc34)n2)cc1. The highest BCUT2D eigenvalue weighted by atomic mass is 32.1. The number of aromatic nitrogens is 3. The lowest BCUT2D eigenvalue weighted by Crippen LogP contribution is -2.01. The molecule has 8 aromatic carbocycles. The maximum Gasteiger partial charge on any atom is 0.164 e. The van der Waals surface area contributed by atoms with E-state index in [4.69, 9.17) is 15.0 Å². The molecule has 53 heavy (non-hydrogen) atoms. The quantitative estimate of drug-likeness (QED) is 0.174. The van der Waals surface area contributed by atoms with E-state index in [0.29, 0.717) is 17.5 Å². The van der Waals surface area contributed by atoms with Crippen LogP contribution in [0.25, 0.3) is 98.5 Å². The molecule has 0 N–H and O–H groups in total. The number of rotatable bonds is 6. The van der Waals surface area contributed by atoms with Crippen molar-refractivity contribution in [2.75, 3.05) is 0 Å². The summed E-state index contributed by atoms with van der Waals surface area (Å²) in [6.45, 7) is 0. The third-order valence-electron chi connectivity index (χ3n) is 9.97. The Hall–Kier alpha value is -6.75. The van der Waals surface area contributed by atoms with Crippen LogP contribution in [0.3, 0.4) is 0 Å². The second kappa shape index (κ2) is 13.1. The van der Waals surface area contributed by atoms with E-state index in [0.717, 1.165) is 44.2 Å². The largest absolute Gasteiger partial charge is 0.208 e. The number of fused-ring (bicyclic) bond motifs is 4. The Bertz CT molecular complexity index is 2940. The van der Waals surface area contributed by atoms with Crippen LogP contribution in [0.4, 0.5) is 0 Å². The van der Waals surface area contributed by atoms with Crippen molar-refractivity contribution in [2.24, 2.45) is 0 Å². The van der Waals surface area contributed by atoms with Gasteiger partial charge >= 0.3 is 0 Å². The van der Waals surface area contributed by atoms with Crippen LogP contribution in [0.5, 0.6) is 0 Å². The first-order chi connectivity index (χ1) is 26.3. The summed E-state index contributed by atoms with van der Waals surface area (Å²) in [5, 5.41) is 4.86. The van der Waals surface area contributed by atoms with E-state index in [1.165, 1.54) is 36.9 Å². The molecule has 248 valence electrons. The van der Waals surface area contributed by atoms with Crippen molar-refractivity contribution in [1.82, 2.24) is 15.0 Å². The average Bonchev–Trinajstić information content (AvgIpc) is 3.62. The van der Waals surface area contributed by atoms with Crippen molar-refractivity contribution < 1.29 is 0 Å². The maximum absolute atomic E-state index is 5.29. The van der Waals surface area contributed by atoms with Gasteiger partial charge in [-0.3, -0.25) is 0 Å². The van der Waals surface area contributed by atoms with Gasteiger partial charge in [0.15, 0.2) is 17.5 Å². The fourth-order valence-electron chi connectivity index (χ4n) is 7.39. The minimum atomic E-state index is 0.635. The fraction of sp³-hybridized carbons (Fsp3) is 0. The molecule has 0 amide bonds. The third-order valence-corrected chi connectivity index (χ3v) is 11.1. The Morgan fingerprint density at radius 3 is 1.51 bits per heavy atom. The minimum absolute atomic E-state index is 0.635. The zero-order chi connectivity index (χ0) is 35.1. The molecule has 0 saturated carbocycles. The Morgan fingerprint density at radius 2 is 0.774 bits per heavy atom. The molecule has 0 bridgehead atoms. The van der Waals surface area contributed by atoms with Crippen LogP contribution in [0.2, 0.25) is 0 Å². The highest BCUT2D eigenvalue weighted by Gasteiger charge is 2.19. The predicted molar refractivity (Wildman–Crippen MR) is 223 cm³/mol. The Labute approximate surface area is 311 Å². The summed E-state index contributed by atoms with van der Waals surface area (Å²) in [5.74, 6) is 1.92. The Kier molecular flexibility index (Phi) is 7.67. The minimum Gasteiger partial charge on any atom is -0.208 e. The average molecular weight is 694 g/mol. The molecule has 0 saturated heterocycles. The van der Waals surface area contributed by atoms with Gasteiger partial charge in [-0.1, -0.05) is 164 Å². The molecule has 0 atom stereocenters. The van der Waals surface area contributed by atoms with Gasteiger partial charge in [0.05, 0.1) is 0 Å². The highest BCUT2D eigenvalue weighted by Crippen LogP contribution is 2.40. The smallest absolute Gasteiger partial charge is 0.164 e. The van der Waals surface area contributed by atoms with E-state index in [2.05, 4.69) is 170 Å². The number of hydrogen-bond acceptors (Lipinski definition) is 4. The molecule has 10 aromatic rings. The van der Waals surface area contributed by atoms with Crippen molar-refractivity contribution >= 4 is 42.3 Å². The van der Waals surface area contributed by atoms with Crippen LogP contribution in [0.1, 0.15) is 0 Å². The fourth-order valence-corrected chi connectivity index (χ4v) is 8.53. The summed E-state index contributed by atoms with van der Waals surface area (Å²) >= 11 is 1.84. The lowest BCUT2D eigenvalue weighted by Gasteiger charge is -2.15. The van der Waals surface area contributed by atoms with Crippen molar-refractivity contribution in [1.29, 1.82) is 0 Å². The van der Waals surface area contributed by atoms with E-state index in [-0.39, 0.29) is 0 Å². The first kappa shape index (κ1) is 31.0. The normalized spacial score (nSPS) is 11.4. The third kappa shape index (κ3) is 5.66. The predicted octanol–water partition coefficient (Wildman–Crippen LogP) is 13.4. The monoisotopic (exact) mass is 693 g/mol. The van der Waals surface area contributed by atoms with Gasteiger partial charge in [-0.2, -0.15) is 0 Å². The zero-order valence-corrected chi connectivity index (χ0v) is 29.5. The molecule has 2 aromatic heterocycles. The molecule has 0 aliphatic carbocycles. The summed E-state index contributed by atoms with van der Waals surface area (Å²) < 4.78 is 2.59. The summed E-state index contributed by atoms with van der Waals surface area (Å²) in [5.41, 5.74) is 9.72. The summed E-state index contributed by atoms with van der Waals surface area (Å²) in [6, 6.07) is 66.3. The van der Waals surface area contributed by atoms with Gasteiger partial charge in [0.2, 0.25) is 0 Å². The van der Waals surface area contributed by atoms with Crippen molar-refractivity contribution in [3.63, 3.8) is 0 Å². The number of nitrogens with zero attached hydrogens (tertiary/aromatic N) is 3. The summed E-state index contributed by atoms with van der Waals surface area (Å²) in [7, 11) is 0. The van der Waals surface area contributed by atoms with Crippen molar-refractivity contribution in [3.05, 3.63) is 188 Å². The van der Waals surface area contributed by atoms with Crippen LogP contribution in [0, 0.1) is 0 Å². The lowest BCUT2D eigenvalue weighted by atomic mass is 9.93. The molecular weight excluding hydrogens is 663 g/mol. The summed E-state index contributed by atoms with van der Waals surface area (Å²) in [6.07, 6.45) is 0. The van der Waals surface area contributed by atoms with Gasteiger partial charge in [-0.25, -0.2) is 15.0 Å². The van der Waals surface area contributed by atoms with E-state index in [9.17, 15) is 0 Å². The van der Waals surface area contributed by atoms with Crippen LogP contribution < -0.4 is 0 Å². The number of thiophene rings is 1. The van der Waals surface area contributed by atoms with Gasteiger partial charge in [-0.15, -0.1) is 11.3 Å². The Balaban J connectivity index is 1.17. The van der Waals surface area contributed by atoms with Gasteiger partial charge in [0, 0.05) is 36.9 Å². The number of benzene rings is 8. The molecule has 3 nitrogen and oxygen atoms in total. The van der Waals surface area contributed by atoms with E-state index in [1.54, 1.807) is 0 Å². The second-order valence-electron chi connectivity index (χ2n) is 13.2. The van der Waals surface area contributed by atoms with Crippen LogP contribution in [-0.2, 0) is 0 Å². The zero-order valence-electron chi connectivity index (χ0n) is 28.6. The van der Waals surface area contributed by atoms with E-state index in [1.807, 2.05) is 29.5 Å². The lowest BCUT2D eigenvalue weighted by molar-refractivity contribution is 1.08. The van der Waals surface area contributed by atoms with Crippen LogP contribution in [-0.4, -0.2) is 15.0 Å². The summed E-state index contributed by atoms with van der Waals surface area (Å²) in [4.78, 5) is 15.6. The van der Waals surface area contributed by atoms with Gasteiger partial charge in [0.25, 0.3) is 0 Å². The molecule has 10 rings (SSSR count). The molecule has 2 heterocycles. The Morgan fingerprint density at radius 1 is 0.264 bits per heavy atom. The van der Waals surface area contributed by atoms with Crippen molar-refractivity contribution in [2.45, 2.75) is 0 Å². The second-order valence-corrected chi connectivity index (χ2v) is 14.3. The first-order valence-electron chi connectivity index (χ1n) is 17.8. The molecule has 0 aliphatic heterocycles. The topological polar surface area (TPSA) is 38.7 Å². The molecule has 0 spiro atoms. The first-order valence-corrected chi connectivity index (χ1v) is 18.6. The molecule has 0 aliphatic rings. The number of hydrogen-bond donors (Lipinski definition) is 0. The van der Waals surface area contributed by atoms with Crippen molar-refractivity contribution in [3.8, 4) is 67.5 Å². The van der Waals surface area contributed by atoms with Crippen LogP contribution in [0.15, 0.2) is 188 Å². The van der Waals surface area contributed by atoms with E-state index < -0.39 is 0 Å². The maximum atomic E-state index is 5.29. The molecule has 4 heteroatoms. The molecule has 0 unspecified atom stereocenters.